The van der Waals surface area contributed by atoms with Gasteiger partial charge in [0.1, 0.15) is 0 Å². The summed E-state index contributed by atoms with van der Waals surface area (Å²) in [5, 5.41) is 0. The lowest BCUT2D eigenvalue weighted by Gasteiger charge is -2.01. The highest BCUT2D eigenvalue weighted by Gasteiger charge is 2.01. The van der Waals surface area contributed by atoms with Crippen LogP contribution in [0.3, 0.4) is 0 Å². The molecule has 76 valence electrons. The number of aryl methyl sites for hydroxylation is 1. The Hall–Kier alpha value is -0.960. The van der Waals surface area contributed by atoms with E-state index < -0.39 is 0 Å². The predicted octanol–water partition coefficient (Wildman–Crippen LogP) is 2.60. The molecular formula is C11H15NOS. The summed E-state index contributed by atoms with van der Waals surface area (Å²) in [6.07, 6.45) is 3.47. The van der Waals surface area contributed by atoms with Gasteiger partial charge in [-0.15, -0.1) is 0 Å². The van der Waals surface area contributed by atoms with Crippen molar-refractivity contribution in [2.75, 3.05) is 0 Å². The van der Waals surface area contributed by atoms with Crippen molar-refractivity contribution >= 4 is 18.7 Å². The van der Waals surface area contributed by atoms with Crippen LogP contribution >= 0.6 is 12.8 Å². The zero-order valence-electron chi connectivity index (χ0n) is 8.29. The van der Waals surface area contributed by atoms with Gasteiger partial charge in [-0.05, 0) is 30.5 Å². The van der Waals surface area contributed by atoms with E-state index in [0.29, 0.717) is 5.56 Å². The Bertz CT molecular complexity index is 295. The first kappa shape index (κ1) is 11.1. The van der Waals surface area contributed by atoms with Gasteiger partial charge in [-0.2, -0.15) is 0 Å². The second-order valence-electron chi connectivity index (χ2n) is 3.24. The number of carbonyl (C=O) groups excluding carboxylic acids is 1. The summed E-state index contributed by atoms with van der Waals surface area (Å²) in [5.74, 6) is -0.157. The van der Waals surface area contributed by atoms with Crippen molar-refractivity contribution in [3.8, 4) is 0 Å². The molecule has 2 nitrogen and oxygen atoms in total. The molecule has 0 radical (unpaired) electrons. The first-order valence-corrected chi connectivity index (χ1v) is 5.26. The van der Waals surface area contributed by atoms with Crippen molar-refractivity contribution in [3.05, 3.63) is 35.4 Å². The molecule has 0 heterocycles. The van der Waals surface area contributed by atoms with Crippen LogP contribution in [0.4, 0.5) is 0 Å². The highest BCUT2D eigenvalue weighted by Crippen LogP contribution is 2.07. The van der Waals surface area contributed by atoms with Gasteiger partial charge in [0.2, 0.25) is 0 Å². The van der Waals surface area contributed by atoms with E-state index >= 15 is 0 Å². The molecule has 1 rings (SSSR count). The highest BCUT2D eigenvalue weighted by atomic mass is 32.1. The fraction of sp³-hybridized carbons (Fsp3) is 0.364. The van der Waals surface area contributed by atoms with Gasteiger partial charge in [-0.3, -0.25) is 9.52 Å². The molecule has 1 aromatic carbocycles. The van der Waals surface area contributed by atoms with Crippen LogP contribution in [0.25, 0.3) is 0 Å². The second-order valence-corrected chi connectivity index (χ2v) is 3.47. The lowest BCUT2D eigenvalue weighted by Crippen LogP contribution is -2.12. The molecule has 0 aliphatic carbocycles. The monoisotopic (exact) mass is 209 g/mol. The van der Waals surface area contributed by atoms with E-state index in [2.05, 4.69) is 24.5 Å². The summed E-state index contributed by atoms with van der Waals surface area (Å²) in [7, 11) is 0. The minimum absolute atomic E-state index is 0.157. The Morgan fingerprint density at radius 2 is 2.00 bits per heavy atom. The molecule has 1 aromatic rings. The van der Waals surface area contributed by atoms with Crippen molar-refractivity contribution in [2.45, 2.75) is 26.2 Å². The Morgan fingerprint density at radius 1 is 1.36 bits per heavy atom. The van der Waals surface area contributed by atoms with Gasteiger partial charge in [-0.1, -0.05) is 38.3 Å². The number of benzene rings is 1. The average molecular weight is 209 g/mol. The summed E-state index contributed by atoms with van der Waals surface area (Å²) < 4.78 is 2.30. The van der Waals surface area contributed by atoms with Crippen LogP contribution in [-0.2, 0) is 6.42 Å². The number of hydrogen-bond donors (Lipinski definition) is 2. The standard InChI is InChI=1S/C11H15NOS/c1-2-3-4-9-5-7-10(8-6-9)11(13)12-14/h5-8,14H,2-4H2,1H3,(H,12,13). The number of unbranched alkanes of at least 4 members (excludes halogenated alkanes) is 1. The lowest BCUT2D eigenvalue weighted by molar-refractivity contribution is 0.0985. The fourth-order valence-corrected chi connectivity index (χ4v) is 1.40. The van der Waals surface area contributed by atoms with Gasteiger partial charge < -0.3 is 0 Å². The van der Waals surface area contributed by atoms with Crippen molar-refractivity contribution in [3.63, 3.8) is 0 Å². The number of hydrogen-bond acceptors (Lipinski definition) is 2. The van der Waals surface area contributed by atoms with E-state index in [1.54, 1.807) is 0 Å². The number of amides is 1. The van der Waals surface area contributed by atoms with Crippen LogP contribution in [0.15, 0.2) is 24.3 Å². The molecule has 14 heavy (non-hydrogen) atoms. The molecule has 1 N–H and O–H groups in total. The zero-order valence-corrected chi connectivity index (χ0v) is 9.18. The minimum Gasteiger partial charge on any atom is -0.299 e. The van der Waals surface area contributed by atoms with E-state index in [4.69, 9.17) is 0 Å². The number of rotatable bonds is 4. The molecule has 0 atom stereocenters. The second kappa shape index (κ2) is 5.70. The Labute approximate surface area is 90.3 Å². The molecule has 0 saturated heterocycles. The maximum Gasteiger partial charge on any atom is 0.260 e. The normalized spacial score (nSPS) is 9.86. The molecule has 0 aliphatic heterocycles. The number of nitrogens with one attached hydrogen (secondary N) is 1. The quantitative estimate of drug-likeness (QED) is 0.733. The van der Waals surface area contributed by atoms with Gasteiger partial charge in [0.05, 0.1) is 0 Å². The molecule has 0 bridgehead atoms. The summed E-state index contributed by atoms with van der Waals surface area (Å²) >= 11 is 3.71. The first-order chi connectivity index (χ1) is 6.77. The fourth-order valence-electron chi connectivity index (χ4n) is 1.27. The number of carbonyl (C=O) groups is 1. The summed E-state index contributed by atoms with van der Waals surface area (Å²) in [4.78, 5) is 11.2. The minimum atomic E-state index is -0.157. The third kappa shape index (κ3) is 3.07. The van der Waals surface area contributed by atoms with Gasteiger partial charge in [0, 0.05) is 5.56 Å². The largest absolute Gasteiger partial charge is 0.299 e. The van der Waals surface area contributed by atoms with Crippen LogP contribution in [0.5, 0.6) is 0 Å². The molecule has 0 fully saturated rings. The predicted molar refractivity (Wildman–Crippen MR) is 61.5 cm³/mol. The van der Waals surface area contributed by atoms with E-state index in [9.17, 15) is 4.79 Å². The van der Waals surface area contributed by atoms with Crippen molar-refractivity contribution in [1.82, 2.24) is 4.72 Å². The van der Waals surface area contributed by atoms with Gasteiger partial charge >= 0.3 is 0 Å². The van der Waals surface area contributed by atoms with Crippen molar-refractivity contribution in [2.24, 2.45) is 0 Å². The third-order valence-electron chi connectivity index (χ3n) is 2.14. The van der Waals surface area contributed by atoms with E-state index in [1.807, 2.05) is 24.3 Å². The average Bonchev–Trinajstić information content (AvgIpc) is 2.26. The first-order valence-electron chi connectivity index (χ1n) is 4.81. The van der Waals surface area contributed by atoms with Gasteiger partial charge in [-0.25, -0.2) is 0 Å². The Balaban J connectivity index is 2.63. The van der Waals surface area contributed by atoms with Crippen molar-refractivity contribution < 1.29 is 4.79 Å². The topological polar surface area (TPSA) is 29.1 Å². The SMILES string of the molecule is CCCCc1ccc(C(=O)NS)cc1. The number of thiol groups is 1. The molecular weight excluding hydrogens is 194 g/mol. The Kier molecular flexibility index (Phi) is 4.53. The molecule has 0 aliphatic rings. The van der Waals surface area contributed by atoms with Crippen LogP contribution in [0.2, 0.25) is 0 Å². The molecule has 0 unspecified atom stereocenters. The smallest absolute Gasteiger partial charge is 0.260 e. The summed E-state index contributed by atoms with van der Waals surface area (Å²) in [5.41, 5.74) is 1.93. The summed E-state index contributed by atoms with van der Waals surface area (Å²) in [6, 6.07) is 7.65. The van der Waals surface area contributed by atoms with Crippen LogP contribution in [0.1, 0.15) is 35.7 Å². The molecule has 0 spiro atoms. The maximum atomic E-state index is 11.2. The molecule has 1 amide bonds. The van der Waals surface area contributed by atoms with E-state index in [0.717, 1.165) is 6.42 Å². The van der Waals surface area contributed by atoms with Crippen LogP contribution in [0, 0.1) is 0 Å². The van der Waals surface area contributed by atoms with Crippen molar-refractivity contribution in [1.29, 1.82) is 0 Å². The van der Waals surface area contributed by atoms with Gasteiger partial charge in [0.25, 0.3) is 5.91 Å². The lowest BCUT2D eigenvalue weighted by atomic mass is 10.1. The zero-order chi connectivity index (χ0) is 10.4. The summed E-state index contributed by atoms with van der Waals surface area (Å²) in [6.45, 7) is 2.17. The molecule has 3 heteroatoms. The Morgan fingerprint density at radius 3 is 2.50 bits per heavy atom. The molecule has 0 saturated carbocycles. The third-order valence-corrected chi connectivity index (χ3v) is 2.34. The van der Waals surface area contributed by atoms with E-state index in [-0.39, 0.29) is 5.91 Å². The molecule has 0 aromatic heterocycles. The van der Waals surface area contributed by atoms with Crippen LogP contribution < -0.4 is 4.72 Å². The maximum absolute atomic E-state index is 11.2. The van der Waals surface area contributed by atoms with E-state index in [1.165, 1.54) is 18.4 Å². The van der Waals surface area contributed by atoms with Crippen LogP contribution in [-0.4, -0.2) is 5.91 Å². The highest BCUT2D eigenvalue weighted by molar-refractivity contribution is 7.78. The van der Waals surface area contributed by atoms with Gasteiger partial charge in [0.15, 0.2) is 0 Å².